The Labute approximate surface area is 115 Å². The maximum atomic E-state index is 3.70. The van der Waals surface area contributed by atoms with E-state index in [1.54, 1.807) is 5.57 Å². The lowest BCUT2D eigenvalue weighted by atomic mass is 9.84. The predicted octanol–water partition coefficient (Wildman–Crippen LogP) is 3.42. The van der Waals surface area contributed by atoms with Crippen LogP contribution in [-0.2, 0) is 0 Å². The fraction of sp³-hybridized carbons (Fsp3) is 0.857. The Morgan fingerprint density at radius 1 is 1.35 bits per heavy atom. The van der Waals surface area contributed by atoms with Gasteiger partial charge in [0.1, 0.15) is 0 Å². The van der Waals surface area contributed by atoms with E-state index in [9.17, 15) is 0 Å². The highest BCUT2D eigenvalue weighted by Gasteiger charge is 2.19. The maximum Gasteiger partial charge on any atom is 0.0263 e. The molecule has 1 heterocycles. The van der Waals surface area contributed by atoms with Crippen LogP contribution < -0.4 is 5.32 Å². The van der Waals surface area contributed by atoms with Gasteiger partial charge >= 0.3 is 0 Å². The first kappa shape index (κ1) is 13.8. The third kappa shape index (κ3) is 4.88. The molecule has 1 aliphatic heterocycles. The predicted molar refractivity (Wildman–Crippen MR) is 82.1 cm³/mol. The van der Waals surface area contributed by atoms with Gasteiger partial charge in [-0.2, -0.15) is 23.5 Å². The monoisotopic (exact) mass is 271 g/mol. The molecule has 98 valence electrons. The second-order valence-electron chi connectivity index (χ2n) is 5.52. The van der Waals surface area contributed by atoms with Crippen LogP contribution in [0.15, 0.2) is 11.6 Å². The molecule has 0 saturated carbocycles. The summed E-state index contributed by atoms with van der Waals surface area (Å²) in [6.45, 7) is 7.07. The molecule has 2 rings (SSSR count). The lowest BCUT2D eigenvalue weighted by Crippen LogP contribution is -2.33. The van der Waals surface area contributed by atoms with Gasteiger partial charge in [-0.25, -0.2) is 0 Å². The largest absolute Gasteiger partial charge is 0.315 e. The number of nitrogens with one attached hydrogen (secondary N) is 1. The lowest BCUT2D eigenvalue weighted by Gasteiger charge is -2.27. The van der Waals surface area contributed by atoms with Crippen LogP contribution in [0.1, 0.15) is 26.7 Å². The second kappa shape index (κ2) is 7.10. The van der Waals surface area contributed by atoms with Crippen molar-refractivity contribution in [3.05, 3.63) is 11.6 Å². The Morgan fingerprint density at radius 2 is 2.24 bits per heavy atom. The van der Waals surface area contributed by atoms with Crippen LogP contribution in [0.2, 0.25) is 0 Å². The summed E-state index contributed by atoms with van der Waals surface area (Å²) in [6.07, 6.45) is 5.13. The van der Waals surface area contributed by atoms with Crippen LogP contribution in [0.5, 0.6) is 0 Å². The van der Waals surface area contributed by atoms with Crippen molar-refractivity contribution in [1.29, 1.82) is 0 Å². The van der Waals surface area contributed by atoms with Crippen LogP contribution in [0, 0.1) is 11.8 Å². The zero-order valence-electron chi connectivity index (χ0n) is 11.1. The van der Waals surface area contributed by atoms with Crippen molar-refractivity contribution in [3.8, 4) is 0 Å². The Kier molecular flexibility index (Phi) is 5.78. The van der Waals surface area contributed by atoms with Crippen LogP contribution >= 0.6 is 23.5 Å². The molecule has 0 aromatic heterocycles. The van der Waals surface area contributed by atoms with Crippen molar-refractivity contribution >= 4 is 23.5 Å². The third-order valence-corrected chi connectivity index (χ3v) is 6.42. The first-order valence-corrected chi connectivity index (χ1v) is 9.01. The van der Waals surface area contributed by atoms with Gasteiger partial charge in [0, 0.05) is 29.1 Å². The molecule has 1 N–H and O–H groups in total. The average Bonchev–Trinajstić information content (AvgIpc) is 2.29. The summed E-state index contributed by atoms with van der Waals surface area (Å²) in [5.41, 5.74) is 1.60. The van der Waals surface area contributed by atoms with Gasteiger partial charge in [0.25, 0.3) is 0 Å². The van der Waals surface area contributed by atoms with E-state index >= 15 is 0 Å². The molecule has 1 saturated heterocycles. The maximum absolute atomic E-state index is 3.70. The zero-order valence-corrected chi connectivity index (χ0v) is 12.7. The first-order chi connectivity index (χ1) is 8.24. The molecular formula is C14H25NS2. The smallest absolute Gasteiger partial charge is 0.0263 e. The molecule has 3 unspecified atom stereocenters. The van der Waals surface area contributed by atoms with Crippen molar-refractivity contribution in [2.45, 2.75) is 31.9 Å². The summed E-state index contributed by atoms with van der Waals surface area (Å²) < 4.78 is 0. The summed E-state index contributed by atoms with van der Waals surface area (Å²) in [6, 6.07) is 0. The van der Waals surface area contributed by atoms with Gasteiger partial charge in [-0.3, -0.25) is 0 Å². The van der Waals surface area contributed by atoms with Gasteiger partial charge in [-0.05, 0) is 38.1 Å². The van der Waals surface area contributed by atoms with Crippen LogP contribution in [0.3, 0.4) is 0 Å². The van der Waals surface area contributed by atoms with E-state index in [0.717, 1.165) is 17.1 Å². The third-order valence-electron chi connectivity index (χ3n) is 3.57. The van der Waals surface area contributed by atoms with E-state index < -0.39 is 0 Å². The Balaban J connectivity index is 1.63. The minimum absolute atomic E-state index is 0.787. The molecule has 0 bridgehead atoms. The molecule has 1 nitrogen and oxygen atoms in total. The van der Waals surface area contributed by atoms with Gasteiger partial charge in [0.2, 0.25) is 0 Å². The van der Waals surface area contributed by atoms with Crippen LogP contribution in [-0.4, -0.2) is 35.6 Å². The number of hydrogen-bond acceptors (Lipinski definition) is 3. The van der Waals surface area contributed by atoms with Gasteiger partial charge < -0.3 is 5.32 Å². The molecule has 2 aliphatic rings. The molecule has 1 fully saturated rings. The molecule has 1 aliphatic carbocycles. The summed E-state index contributed by atoms with van der Waals surface area (Å²) in [7, 11) is 0. The molecule has 0 aromatic rings. The van der Waals surface area contributed by atoms with Gasteiger partial charge in [-0.15, -0.1) is 0 Å². The van der Waals surface area contributed by atoms with Crippen molar-refractivity contribution in [2.75, 3.05) is 30.3 Å². The second-order valence-corrected chi connectivity index (χ2v) is 8.08. The number of thioether (sulfide) groups is 2. The molecular weight excluding hydrogens is 246 g/mol. The topological polar surface area (TPSA) is 12.0 Å². The highest BCUT2D eigenvalue weighted by molar-refractivity contribution is 8.06. The molecule has 3 heteroatoms. The van der Waals surface area contributed by atoms with E-state index in [-0.39, 0.29) is 0 Å². The fourth-order valence-electron chi connectivity index (χ4n) is 2.94. The first-order valence-electron chi connectivity index (χ1n) is 6.81. The standard InChI is InChI=1S/C14H25NS2/c1-11-5-12(2)7-13(6-11)8-15-9-14-10-16-3-4-17-14/h5,11,13-15H,3-4,6-10H2,1-2H3. The Hall–Kier alpha value is 0.400. The number of rotatable bonds is 4. The Bertz CT molecular complexity index is 259. The zero-order chi connectivity index (χ0) is 12.1. The quantitative estimate of drug-likeness (QED) is 0.787. The number of allylic oxidation sites excluding steroid dienone is 2. The molecule has 0 radical (unpaired) electrons. The van der Waals surface area contributed by atoms with E-state index in [1.807, 2.05) is 0 Å². The summed E-state index contributed by atoms with van der Waals surface area (Å²) in [5, 5.41) is 4.56. The van der Waals surface area contributed by atoms with E-state index in [1.165, 1.54) is 43.2 Å². The SMILES string of the molecule is CC1=CC(C)CC(CNCC2CSCCS2)C1. The van der Waals surface area contributed by atoms with Crippen LogP contribution in [0.25, 0.3) is 0 Å². The highest BCUT2D eigenvalue weighted by atomic mass is 32.2. The normalized spacial score (nSPS) is 34.5. The summed E-state index contributed by atoms with van der Waals surface area (Å²) in [5.74, 6) is 5.70. The minimum atomic E-state index is 0.787. The minimum Gasteiger partial charge on any atom is -0.315 e. The average molecular weight is 271 g/mol. The molecule has 3 atom stereocenters. The summed E-state index contributed by atoms with van der Waals surface area (Å²) in [4.78, 5) is 0. The molecule has 17 heavy (non-hydrogen) atoms. The van der Waals surface area contributed by atoms with Gasteiger partial charge in [0.15, 0.2) is 0 Å². The van der Waals surface area contributed by atoms with E-state index in [0.29, 0.717) is 0 Å². The molecule has 0 spiro atoms. The fourth-order valence-corrected chi connectivity index (χ4v) is 5.59. The highest BCUT2D eigenvalue weighted by Crippen LogP contribution is 2.27. The summed E-state index contributed by atoms with van der Waals surface area (Å²) >= 11 is 4.28. The van der Waals surface area contributed by atoms with Crippen molar-refractivity contribution in [1.82, 2.24) is 5.32 Å². The van der Waals surface area contributed by atoms with E-state index in [4.69, 9.17) is 0 Å². The van der Waals surface area contributed by atoms with Crippen molar-refractivity contribution < 1.29 is 0 Å². The van der Waals surface area contributed by atoms with Gasteiger partial charge in [0.05, 0.1) is 0 Å². The Morgan fingerprint density at radius 3 is 2.94 bits per heavy atom. The van der Waals surface area contributed by atoms with Crippen LogP contribution in [0.4, 0.5) is 0 Å². The molecule has 0 amide bonds. The van der Waals surface area contributed by atoms with Crippen molar-refractivity contribution in [3.63, 3.8) is 0 Å². The molecule has 0 aromatic carbocycles. The van der Waals surface area contributed by atoms with Crippen molar-refractivity contribution in [2.24, 2.45) is 11.8 Å². The van der Waals surface area contributed by atoms with Gasteiger partial charge in [-0.1, -0.05) is 18.6 Å². The number of hydrogen-bond donors (Lipinski definition) is 1. The lowest BCUT2D eigenvalue weighted by molar-refractivity contribution is 0.383. The van der Waals surface area contributed by atoms with E-state index in [2.05, 4.69) is 48.8 Å².